The van der Waals surface area contributed by atoms with E-state index in [9.17, 15) is 19.5 Å². The molecule has 1 aliphatic rings. The zero-order valence-corrected chi connectivity index (χ0v) is 27.5. The summed E-state index contributed by atoms with van der Waals surface area (Å²) in [7, 11) is 5.67. The second-order valence-electron chi connectivity index (χ2n) is 12.5. The van der Waals surface area contributed by atoms with Crippen LogP contribution in [0.4, 0.5) is 10.5 Å². The van der Waals surface area contributed by atoms with Crippen LogP contribution in [0.25, 0.3) is 0 Å². The van der Waals surface area contributed by atoms with Crippen molar-refractivity contribution in [3.8, 4) is 5.75 Å². The van der Waals surface area contributed by atoms with Crippen molar-refractivity contribution in [1.29, 1.82) is 0 Å². The first-order valence-corrected chi connectivity index (χ1v) is 15.6. The molecule has 1 aromatic carbocycles. The summed E-state index contributed by atoms with van der Waals surface area (Å²) in [4.78, 5) is 44.8. The van der Waals surface area contributed by atoms with Crippen molar-refractivity contribution < 1.29 is 29.0 Å². The van der Waals surface area contributed by atoms with Crippen LogP contribution in [0, 0.1) is 5.92 Å². The maximum atomic E-state index is 14.2. The van der Waals surface area contributed by atoms with Gasteiger partial charge in [0.25, 0.3) is 5.91 Å². The van der Waals surface area contributed by atoms with E-state index >= 15 is 0 Å². The van der Waals surface area contributed by atoms with Crippen molar-refractivity contribution in [3.05, 3.63) is 23.8 Å². The Morgan fingerprint density at radius 1 is 1.14 bits per heavy atom. The van der Waals surface area contributed by atoms with E-state index in [4.69, 9.17) is 9.47 Å². The van der Waals surface area contributed by atoms with E-state index in [0.29, 0.717) is 43.1 Å². The highest BCUT2D eigenvalue weighted by Gasteiger charge is 2.31. The summed E-state index contributed by atoms with van der Waals surface area (Å²) < 4.78 is 12.6. The molecule has 0 aliphatic carbocycles. The van der Waals surface area contributed by atoms with Gasteiger partial charge in [-0.2, -0.15) is 0 Å². The molecule has 0 aromatic heterocycles. The molecule has 4 amide bonds. The number of aliphatic hydroxyl groups is 1. The van der Waals surface area contributed by atoms with Crippen LogP contribution in [0.5, 0.6) is 5.75 Å². The Balaban J connectivity index is 2.39. The minimum absolute atomic E-state index is 0.00722. The van der Waals surface area contributed by atoms with E-state index in [2.05, 4.69) is 10.6 Å². The molecule has 0 unspecified atom stereocenters. The van der Waals surface area contributed by atoms with E-state index in [1.54, 1.807) is 42.0 Å². The van der Waals surface area contributed by atoms with Gasteiger partial charge in [0, 0.05) is 50.8 Å². The minimum Gasteiger partial charge on any atom is -0.490 e. The third kappa shape index (κ3) is 12.3. The van der Waals surface area contributed by atoms with Gasteiger partial charge in [0.2, 0.25) is 5.91 Å². The molecule has 43 heavy (non-hydrogen) atoms. The van der Waals surface area contributed by atoms with Gasteiger partial charge in [0.15, 0.2) is 0 Å². The zero-order valence-electron chi connectivity index (χ0n) is 27.5. The average Bonchev–Trinajstić information content (AvgIpc) is 2.93. The number of nitrogens with zero attached hydrogens (tertiary/aromatic N) is 3. The molecular weight excluding hydrogens is 550 g/mol. The first kappa shape index (κ1) is 36.3. The number of urea groups is 1. The van der Waals surface area contributed by atoms with Gasteiger partial charge in [0.1, 0.15) is 5.75 Å². The van der Waals surface area contributed by atoms with Gasteiger partial charge in [-0.15, -0.1) is 0 Å². The lowest BCUT2D eigenvalue weighted by Crippen LogP contribution is -2.49. The number of rotatable bonds is 10. The minimum atomic E-state index is -0.486. The molecule has 2 rings (SSSR count). The zero-order chi connectivity index (χ0) is 32.1. The predicted molar refractivity (Wildman–Crippen MR) is 170 cm³/mol. The summed E-state index contributed by atoms with van der Waals surface area (Å²) in [6, 6.07) is 4.51. The summed E-state index contributed by atoms with van der Waals surface area (Å²) in [6.45, 7) is 11.3. The van der Waals surface area contributed by atoms with Crippen LogP contribution < -0.4 is 15.4 Å². The lowest BCUT2D eigenvalue weighted by atomic mass is 10.0. The molecule has 1 aromatic rings. The number of benzene rings is 1. The number of hydrogen-bond acceptors (Lipinski definition) is 7. The molecular formula is C32H55N5O6. The third-order valence-electron chi connectivity index (χ3n) is 7.56. The molecule has 11 nitrogen and oxygen atoms in total. The summed E-state index contributed by atoms with van der Waals surface area (Å²) in [5.74, 6) is -0.135. The van der Waals surface area contributed by atoms with E-state index in [-0.39, 0.29) is 48.6 Å². The Morgan fingerprint density at radius 2 is 1.86 bits per heavy atom. The fraction of sp³-hybridized carbons (Fsp3) is 0.719. The lowest BCUT2D eigenvalue weighted by molar-refractivity contribution is -0.116. The van der Waals surface area contributed by atoms with Crippen molar-refractivity contribution in [2.45, 2.75) is 91.0 Å². The first-order chi connectivity index (χ1) is 20.3. The molecule has 244 valence electrons. The molecule has 0 bridgehead atoms. The maximum absolute atomic E-state index is 14.2. The Hall–Kier alpha value is -2.89. The van der Waals surface area contributed by atoms with Gasteiger partial charge in [0.05, 0.1) is 30.4 Å². The Bertz CT molecular complexity index is 1040. The third-order valence-corrected chi connectivity index (χ3v) is 7.56. The molecule has 0 radical (unpaired) electrons. The van der Waals surface area contributed by atoms with Crippen molar-refractivity contribution in [1.82, 2.24) is 20.0 Å². The molecule has 11 heteroatoms. The SMILES string of the molecule is CC(C)NC(=O)N(C)C[C@H]1OCCCC[C@@H](C)Oc2ccc(NC(=O)CCCN(C)C)cc2C(=O)N([C@@H](C)CO)C[C@@H]1C. The number of nitrogens with one attached hydrogen (secondary N) is 2. The number of amides is 4. The van der Waals surface area contributed by atoms with E-state index in [0.717, 1.165) is 32.2 Å². The van der Waals surface area contributed by atoms with Crippen molar-refractivity contribution in [2.24, 2.45) is 5.92 Å². The molecule has 3 N–H and O–H groups in total. The van der Waals surface area contributed by atoms with Gasteiger partial charge in [-0.05, 0) is 92.2 Å². The van der Waals surface area contributed by atoms with Gasteiger partial charge in [-0.3, -0.25) is 9.59 Å². The van der Waals surface area contributed by atoms with E-state index in [1.165, 1.54) is 0 Å². The van der Waals surface area contributed by atoms with Crippen LogP contribution in [0.15, 0.2) is 18.2 Å². The highest BCUT2D eigenvalue weighted by atomic mass is 16.5. The predicted octanol–water partition coefficient (Wildman–Crippen LogP) is 3.81. The summed E-state index contributed by atoms with van der Waals surface area (Å²) >= 11 is 0. The van der Waals surface area contributed by atoms with Crippen molar-refractivity contribution in [3.63, 3.8) is 0 Å². The number of carbonyl (C=O) groups is 3. The lowest BCUT2D eigenvalue weighted by Gasteiger charge is -2.36. The van der Waals surface area contributed by atoms with Gasteiger partial charge >= 0.3 is 6.03 Å². The standard InChI is InChI=1S/C32H55N5O6/c1-22(2)33-32(41)36(8)20-29-23(3)19-37(24(4)21-38)31(40)27-18-26(34-30(39)13-11-16-35(6)7)14-15-28(27)43-25(5)12-9-10-17-42-29/h14-15,18,22-25,29,38H,9-13,16-17,19-21H2,1-8H3,(H,33,41)(H,34,39)/t23-,24-,25+,29+/m0/s1. The fourth-order valence-corrected chi connectivity index (χ4v) is 4.95. The van der Waals surface area contributed by atoms with E-state index in [1.807, 2.05) is 46.7 Å². The number of aliphatic hydroxyl groups excluding tert-OH is 1. The molecule has 0 fully saturated rings. The first-order valence-electron chi connectivity index (χ1n) is 15.6. The molecule has 0 saturated heterocycles. The second-order valence-corrected chi connectivity index (χ2v) is 12.5. The van der Waals surface area contributed by atoms with Gasteiger partial charge in [-0.1, -0.05) is 6.92 Å². The van der Waals surface area contributed by atoms with Crippen LogP contribution in [0.1, 0.15) is 77.1 Å². The Kier molecular flexibility index (Phi) is 15.2. The van der Waals surface area contributed by atoms with Crippen LogP contribution >= 0.6 is 0 Å². The molecule has 0 spiro atoms. The van der Waals surface area contributed by atoms with Gasteiger partial charge in [-0.25, -0.2) is 4.79 Å². The molecule has 1 aliphatic heterocycles. The van der Waals surface area contributed by atoms with Crippen molar-refractivity contribution in [2.75, 3.05) is 59.3 Å². The number of fused-ring (bicyclic) bond motifs is 1. The number of hydrogen-bond donors (Lipinski definition) is 3. The smallest absolute Gasteiger partial charge is 0.317 e. The van der Waals surface area contributed by atoms with Crippen LogP contribution in [0.2, 0.25) is 0 Å². The summed E-state index contributed by atoms with van der Waals surface area (Å²) in [5.41, 5.74) is 0.844. The second kappa shape index (κ2) is 18.0. The van der Waals surface area contributed by atoms with Crippen LogP contribution in [0.3, 0.4) is 0 Å². The van der Waals surface area contributed by atoms with Crippen molar-refractivity contribution >= 4 is 23.5 Å². The highest BCUT2D eigenvalue weighted by Crippen LogP contribution is 2.28. The number of anilines is 1. The molecule has 1 heterocycles. The average molecular weight is 606 g/mol. The fourth-order valence-electron chi connectivity index (χ4n) is 4.95. The Morgan fingerprint density at radius 3 is 2.51 bits per heavy atom. The normalized spacial score (nSPS) is 21.0. The van der Waals surface area contributed by atoms with Crippen LogP contribution in [-0.2, 0) is 9.53 Å². The number of carbonyl (C=O) groups excluding carboxylic acids is 3. The summed E-state index contributed by atoms with van der Waals surface area (Å²) in [5, 5.41) is 16.0. The topological polar surface area (TPSA) is 124 Å². The highest BCUT2D eigenvalue weighted by molar-refractivity contribution is 5.99. The van der Waals surface area contributed by atoms with E-state index < -0.39 is 6.04 Å². The van der Waals surface area contributed by atoms with Crippen LogP contribution in [-0.4, -0.2) is 116 Å². The van der Waals surface area contributed by atoms with Gasteiger partial charge < -0.3 is 39.9 Å². The largest absolute Gasteiger partial charge is 0.490 e. The number of likely N-dealkylation sites (N-methyl/N-ethyl adjacent to an activating group) is 1. The quantitative estimate of drug-likeness (QED) is 0.371. The monoisotopic (exact) mass is 605 g/mol. The Labute approximate surface area is 258 Å². The number of ether oxygens (including phenoxy) is 2. The molecule has 0 saturated carbocycles. The maximum Gasteiger partial charge on any atom is 0.317 e. The molecule has 4 atom stereocenters. The summed E-state index contributed by atoms with van der Waals surface area (Å²) in [6.07, 6.45) is 3.10.